The molecule has 0 radical (unpaired) electrons. The second-order valence-electron chi connectivity index (χ2n) is 2.91. The van der Waals surface area contributed by atoms with E-state index in [1.807, 2.05) is 6.92 Å². The first-order chi connectivity index (χ1) is 5.09. The molecule has 0 unspecified atom stereocenters. The van der Waals surface area contributed by atoms with E-state index in [0.29, 0.717) is 6.42 Å². The van der Waals surface area contributed by atoms with Crippen LogP contribution in [0.15, 0.2) is 0 Å². The highest BCUT2D eigenvalue weighted by Crippen LogP contribution is 2.13. The van der Waals surface area contributed by atoms with Crippen LogP contribution < -0.4 is 0 Å². The number of carbonyl (C=O) groups is 1. The Morgan fingerprint density at radius 2 is 2.18 bits per heavy atom. The van der Waals surface area contributed by atoms with Crippen molar-refractivity contribution in [3.05, 3.63) is 0 Å². The highest BCUT2D eigenvalue weighted by molar-refractivity contribution is 5.70. The van der Waals surface area contributed by atoms with Crippen LogP contribution in [0.25, 0.3) is 0 Å². The standard InChI is InChI=1S/C7H13NO3/c1-5-4-6(9)11-7(10-5)8(2)3/h5,7H,4H2,1-3H3/t5-,7+/m1/s1. The normalized spacial score (nSPS) is 32.2. The van der Waals surface area contributed by atoms with Gasteiger partial charge in [0.05, 0.1) is 12.5 Å². The second kappa shape index (κ2) is 3.19. The quantitative estimate of drug-likeness (QED) is 0.512. The summed E-state index contributed by atoms with van der Waals surface area (Å²) in [5.41, 5.74) is 0. The lowest BCUT2D eigenvalue weighted by Crippen LogP contribution is -2.42. The molecule has 0 aromatic carbocycles. The molecule has 1 aliphatic heterocycles. The van der Waals surface area contributed by atoms with E-state index >= 15 is 0 Å². The van der Waals surface area contributed by atoms with Crippen molar-refractivity contribution in [2.45, 2.75) is 25.9 Å². The molecule has 0 N–H and O–H groups in total. The van der Waals surface area contributed by atoms with Crippen LogP contribution in [0, 0.1) is 0 Å². The van der Waals surface area contributed by atoms with Gasteiger partial charge in [0.25, 0.3) is 6.41 Å². The van der Waals surface area contributed by atoms with Crippen LogP contribution in [-0.2, 0) is 14.3 Å². The van der Waals surface area contributed by atoms with Crippen LogP contribution in [0.1, 0.15) is 13.3 Å². The van der Waals surface area contributed by atoms with Gasteiger partial charge in [-0.05, 0) is 21.0 Å². The summed E-state index contributed by atoms with van der Waals surface area (Å²) >= 11 is 0. The van der Waals surface area contributed by atoms with Crippen molar-refractivity contribution in [1.29, 1.82) is 0 Å². The number of cyclic esters (lactones) is 1. The Bertz CT molecular complexity index is 158. The van der Waals surface area contributed by atoms with Crippen LogP contribution >= 0.6 is 0 Å². The van der Waals surface area contributed by atoms with Gasteiger partial charge in [0, 0.05) is 0 Å². The number of carbonyl (C=O) groups excluding carboxylic acids is 1. The van der Waals surface area contributed by atoms with E-state index in [4.69, 9.17) is 9.47 Å². The Morgan fingerprint density at radius 3 is 2.64 bits per heavy atom. The smallest absolute Gasteiger partial charge is 0.311 e. The van der Waals surface area contributed by atoms with Crippen molar-refractivity contribution in [2.75, 3.05) is 14.1 Å². The summed E-state index contributed by atoms with van der Waals surface area (Å²) < 4.78 is 10.2. The molecular weight excluding hydrogens is 146 g/mol. The predicted octanol–water partition coefficient (Wildman–Crippen LogP) is 0.184. The number of rotatable bonds is 1. The fourth-order valence-corrected chi connectivity index (χ4v) is 0.897. The lowest BCUT2D eigenvalue weighted by Gasteiger charge is -2.31. The molecule has 2 atom stereocenters. The van der Waals surface area contributed by atoms with Crippen LogP contribution in [-0.4, -0.2) is 37.5 Å². The largest absolute Gasteiger partial charge is 0.421 e. The summed E-state index contributed by atoms with van der Waals surface area (Å²) in [7, 11) is 3.60. The van der Waals surface area contributed by atoms with Crippen LogP contribution in [0.2, 0.25) is 0 Å². The number of esters is 1. The summed E-state index contributed by atoms with van der Waals surface area (Å²) in [6.45, 7) is 1.86. The van der Waals surface area contributed by atoms with Crippen LogP contribution in [0.5, 0.6) is 0 Å². The first-order valence-corrected chi connectivity index (χ1v) is 3.61. The van der Waals surface area contributed by atoms with Gasteiger partial charge in [-0.2, -0.15) is 0 Å². The lowest BCUT2D eigenvalue weighted by molar-refractivity contribution is -0.250. The van der Waals surface area contributed by atoms with Gasteiger partial charge in [0.2, 0.25) is 0 Å². The first-order valence-electron chi connectivity index (χ1n) is 3.61. The predicted molar refractivity (Wildman–Crippen MR) is 38.7 cm³/mol. The summed E-state index contributed by atoms with van der Waals surface area (Å²) in [6, 6.07) is 0. The fraction of sp³-hybridized carbons (Fsp3) is 0.857. The van der Waals surface area contributed by atoms with Gasteiger partial charge in [-0.25, -0.2) is 0 Å². The Hall–Kier alpha value is -0.610. The van der Waals surface area contributed by atoms with Crippen molar-refractivity contribution >= 4 is 5.97 Å². The molecule has 0 spiro atoms. The maximum atomic E-state index is 10.9. The molecule has 11 heavy (non-hydrogen) atoms. The maximum Gasteiger partial charge on any atom is 0.311 e. The fourth-order valence-electron chi connectivity index (χ4n) is 0.897. The SMILES string of the molecule is C[C@@H]1CC(=O)O[C@@H](N(C)C)O1. The minimum absolute atomic E-state index is 0.0383. The Balaban J connectivity index is 2.49. The van der Waals surface area contributed by atoms with E-state index in [-0.39, 0.29) is 12.1 Å². The van der Waals surface area contributed by atoms with Gasteiger partial charge in [-0.15, -0.1) is 0 Å². The van der Waals surface area contributed by atoms with Crippen molar-refractivity contribution in [3.8, 4) is 0 Å². The summed E-state index contributed by atoms with van der Waals surface area (Å²) in [6.07, 6.45) is -0.195. The van der Waals surface area contributed by atoms with Gasteiger partial charge in [0.1, 0.15) is 0 Å². The third kappa shape index (κ3) is 2.17. The van der Waals surface area contributed by atoms with E-state index < -0.39 is 6.41 Å². The van der Waals surface area contributed by atoms with Gasteiger partial charge in [-0.3, -0.25) is 9.69 Å². The summed E-state index contributed by atoms with van der Waals surface area (Å²) in [5.74, 6) is -0.192. The molecule has 64 valence electrons. The monoisotopic (exact) mass is 159 g/mol. The van der Waals surface area contributed by atoms with E-state index in [0.717, 1.165) is 0 Å². The lowest BCUT2D eigenvalue weighted by atomic mass is 10.3. The molecule has 0 aromatic heterocycles. The number of ether oxygens (including phenoxy) is 2. The third-order valence-electron chi connectivity index (χ3n) is 1.46. The molecule has 1 saturated heterocycles. The zero-order chi connectivity index (χ0) is 8.43. The van der Waals surface area contributed by atoms with E-state index in [2.05, 4.69) is 0 Å². The molecular formula is C7H13NO3. The van der Waals surface area contributed by atoms with Gasteiger partial charge in [-0.1, -0.05) is 0 Å². The van der Waals surface area contributed by atoms with Crippen LogP contribution in [0.4, 0.5) is 0 Å². The Kier molecular flexibility index (Phi) is 2.46. The first kappa shape index (κ1) is 8.49. The van der Waals surface area contributed by atoms with E-state index in [1.165, 1.54) is 0 Å². The van der Waals surface area contributed by atoms with Gasteiger partial charge >= 0.3 is 5.97 Å². The Labute approximate surface area is 66.1 Å². The molecule has 1 aliphatic rings. The van der Waals surface area contributed by atoms with Gasteiger partial charge < -0.3 is 9.47 Å². The van der Waals surface area contributed by atoms with Crippen molar-refractivity contribution in [2.24, 2.45) is 0 Å². The zero-order valence-corrected chi connectivity index (χ0v) is 7.03. The summed E-state index contributed by atoms with van der Waals surface area (Å²) in [4.78, 5) is 12.6. The minimum atomic E-state index is -0.508. The molecule has 0 amide bonds. The molecule has 1 fully saturated rings. The highest BCUT2D eigenvalue weighted by atomic mass is 16.7. The maximum absolute atomic E-state index is 10.9. The number of hydrogen-bond acceptors (Lipinski definition) is 4. The van der Waals surface area contributed by atoms with E-state index in [1.54, 1.807) is 19.0 Å². The summed E-state index contributed by atoms with van der Waals surface area (Å²) in [5, 5.41) is 0. The average Bonchev–Trinajstić information content (AvgIpc) is 1.85. The minimum Gasteiger partial charge on any atom is -0.421 e. The molecule has 0 saturated carbocycles. The van der Waals surface area contributed by atoms with E-state index in [9.17, 15) is 4.79 Å². The molecule has 0 aromatic rings. The molecule has 4 nitrogen and oxygen atoms in total. The van der Waals surface area contributed by atoms with Crippen molar-refractivity contribution in [3.63, 3.8) is 0 Å². The molecule has 0 aliphatic carbocycles. The molecule has 1 heterocycles. The third-order valence-corrected chi connectivity index (χ3v) is 1.46. The van der Waals surface area contributed by atoms with Crippen molar-refractivity contribution < 1.29 is 14.3 Å². The average molecular weight is 159 g/mol. The van der Waals surface area contributed by atoms with Crippen LogP contribution in [0.3, 0.4) is 0 Å². The zero-order valence-electron chi connectivity index (χ0n) is 7.03. The molecule has 1 rings (SSSR count). The van der Waals surface area contributed by atoms with Crippen molar-refractivity contribution in [1.82, 2.24) is 4.90 Å². The highest BCUT2D eigenvalue weighted by Gasteiger charge is 2.27. The Morgan fingerprint density at radius 1 is 1.55 bits per heavy atom. The number of hydrogen-bond donors (Lipinski definition) is 0. The molecule has 4 heteroatoms. The topological polar surface area (TPSA) is 38.8 Å². The van der Waals surface area contributed by atoms with Gasteiger partial charge in [0.15, 0.2) is 0 Å². The second-order valence-corrected chi connectivity index (χ2v) is 2.91. The number of nitrogens with zero attached hydrogens (tertiary/aromatic N) is 1. The molecule has 0 bridgehead atoms.